The minimum atomic E-state index is -4.40. The Morgan fingerprint density at radius 2 is 1.52 bits per heavy atom. The van der Waals surface area contributed by atoms with Crippen molar-refractivity contribution in [2.45, 2.75) is 6.18 Å². The molecule has 1 aliphatic heterocycles. The standard InChI is InChI=1S/C18H23F3N4O2/c1-2-7-22-16(26)12-24-8-10-25(11-9-24)13-17(27)23-15-5-3-14(4-6-15)18(19,20)21/h2-6H,1,7-13H2,(H,22,26)(H,23,27). The SMILES string of the molecule is C=CCNC(=O)CN1CCN(CC(=O)Nc2ccc(C(F)(F)F)cc2)CC1. The number of halogens is 3. The summed E-state index contributed by atoms with van der Waals surface area (Å²) >= 11 is 0. The van der Waals surface area contributed by atoms with Gasteiger partial charge in [0.1, 0.15) is 0 Å². The molecule has 0 unspecified atom stereocenters. The molecule has 0 aliphatic carbocycles. The lowest BCUT2D eigenvalue weighted by molar-refractivity contribution is -0.137. The van der Waals surface area contributed by atoms with Gasteiger partial charge in [-0.1, -0.05) is 6.08 Å². The van der Waals surface area contributed by atoms with Crippen molar-refractivity contribution >= 4 is 17.5 Å². The number of carbonyl (C=O) groups is 2. The normalized spacial score (nSPS) is 16.0. The van der Waals surface area contributed by atoms with E-state index in [0.29, 0.717) is 45.0 Å². The number of benzene rings is 1. The highest BCUT2D eigenvalue weighted by Crippen LogP contribution is 2.29. The quantitative estimate of drug-likeness (QED) is 0.701. The van der Waals surface area contributed by atoms with Crippen molar-refractivity contribution < 1.29 is 22.8 Å². The third kappa shape index (κ3) is 7.03. The molecule has 0 spiro atoms. The average molecular weight is 384 g/mol. The second-order valence-electron chi connectivity index (χ2n) is 6.27. The van der Waals surface area contributed by atoms with Gasteiger partial charge in [-0.2, -0.15) is 13.2 Å². The fourth-order valence-corrected chi connectivity index (χ4v) is 2.70. The predicted molar refractivity (Wildman–Crippen MR) is 96.2 cm³/mol. The maximum atomic E-state index is 12.5. The highest BCUT2D eigenvalue weighted by atomic mass is 19.4. The summed E-state index contributed by atoms with van der Waals surface area (Å²) in [5.74, 6) is -0.352. The summed E-state index contributed by atoms with van der Waals surface area (Å²) in [6, 6.07) is 4.35. The fraction of sp³-hybridized carbons (Fsp3) is 0.444. The average Bonchev–Trinajstić information content (AvgIpc) is 2.61. The molecule has 0 bridgehead atoms. The molecule has 2 N–H and O–H groups in total. The Balaban J connectivity index is 1.73. The van der Waals surface area contributed by atoms with E-state index >= 15 is 0 Å². The van der Waals surface area contributed by atoms with Gasteiger partial charge in [0.05, 0.1) is 18.7 Å². The van der Waals surface area contributed by atoms with Crippen molar-refractivity contribution in [1.82, 2.24) is 15.1 Å². The van der Waals surface area contributed by atoms with Crippen LogP contribution in [0.2, 0.25) is 0 Å². The summed E-state index contributed by atoms with van der Waals surface area (Å²) in [5.41, 5.74) is -0.431. The molecule has 1 heterocycles. The summed E-state index contributed by atoms with van der Waals surface area (Å²) < 4.78 is 37.6. The van der Waals surface area contributed by atoms with Crippen molar-refractivity contribution in [2.24, 2.45) is 0 Å². The number of nitrogens with zero attached hydrogens (tertiary/aromatic N) is 2. The lowest BCUT2D eigenvalue weighted by Crippen LogP contribution is -2.51. The third-order valence-corrected chi connectivity index (χ3v) is 4.14. The van der Waals surface area contributed by atoms with Gasteiger partial charge >= 0.3 is 6.18 Å². The van der Waals surface area contributed by atoms with Crippen LogP contribution < -0.4 is 10.6 Å². The largest absolute Gasteiger partial charge is 0.416 e. The molecule has 0 saturated carbocycles. The number of rotatable bonds is 7. The lowest BCUT2D eigenvalue weighted by Gasteiger charge is -2.33. The van der Waals surface area contributed by atoms with E-state index in [1.165, 1.54) is 12.1 Å². The van der Waals surface area contributed by atoms with Gasteiger partial charge in [-0.3, -0.25) is 19.4 Å². The number of carbonyl (C=O) groups excluding carboxylic acids is 2. The van der Waals surface area contributed by atoms with Crippen LogP contribution >= 0.6 is 0 Å². The van der Waals surface area contributed by atoms with Crippen molar-refractivity contribution in [3.05, 3.63) is 42.5 Å². The zero-order valence-electron chi connectivity index (χ0n) is 14.9. The van der Waals surface area contributed by atoms with E-state index in [-0.39, 0.29) is 18.4 Å². The van der Waals surface area contributed by atoms with Crippen LogP contribution in [0.15, 0.2) is 36.9 Å². The molecular weight excluding hydrogens is 361 g/mol. The van der Waals surface area contributed by atoms with E-state index < -0.39 is 11.7 Å². The van der Waals surface area contributed by atoms with E-state index in [9.17, 15) is 22.8 Å². The Hall–Kier alpha value is -2.39. The Kier molecular flexibility index (Phi) is 7.37. The molecule has 6 nitrogen and oxygen atoms in total. The molecule has 9 heteroatoms. The van der Waals surface area contributed by atoms with Crippen LogP contribution in [0.5, 0.6) is 0 Å². The van der Waals surface area contributed by atoms with Crippen molar-refractivity contribution in [3.63, 3.8) is 0 Å². The van der Waals surface area contributed by atoms with E-state index in [0.717, 1.165) is 12.1 Å². The Labute approximate surface area is 156 Å². The highest BCUT2D eigenvalue weighted by molar-refractivity contribution is 5.92. The first-order chi connectivity index (χ1) is 12.8. The summed E-state index contributed by atoms with van der Waals surface area (Å²) in [6.07, 6.45) is -2.78. The predicted octanol–water partition coefficient (Wildman–Crippen LogP) is 1.56. The smallest absolute Gasteiger partial charge is 0.352 e. The van der Waals surface area contributed by atoms with Crippen LogP contribution in [0.1, 0.15) is 5.56 Å². The molecule has 0 radical (unpaired) electrons. The van der Waals surface area contributed by atoms with E-state index in [4.69, 9.17) is 0 Å². The molecule has 148 valence electrons. The van der Waals surface area contributed by atoms with Gasteiger partial charge in [0.15, 0.2) is 0 Å². The van der Waals surface area contributed by atoms with Crippen LogP contribution in [-0.2, 0) is 15.8 Å². The van der Waals surface area contributed by atoms with Crippen molar-refractivity contribution in [2.75, 3.05) is 51.1 Å². The van der Waals surface area contributed by atoms with Crippen molar-refractivity contribution in [3.8, 4) is 0 Å². The van der Waals surface area contributed by atoms with Gasteiger partial charge in [0.2, 0.25) is 11.8 Å². The number of amides is 2. The second kappa shape index (κ2) is 9.52. The molecule has 0 aromatic heterocycles. The van der Waals surface area contributed by atoms with Gasteiger partial charge in [-0.25, -0.2) is 0 Å². The lowest BCUT2D eigenvalue weighted by atomic mass is 10.2. The molecule has 1 saturated heterocycles. The van der Waals surface area contributed by atoms with Crippen LogP contribution in [0.25, 0.3) is 0 Å². The highest BCUT2D eigenvalue weighted by Gasteiger charge is 2.30. The number of piperazine rings is 1. The van der Waals surface area contributed by atoms with Crippen LogP contribution in [0.4, 0.5) is 18.9 Å². The van der Waals surface area contributed by atoms with E-state index in [1.54, 1.807) is 6.08 Å². The van der Waals surface area contributed by atoms with Crippen LogP contribution in [-0.4, -0.2) is 67.4 Å². The Morgan fingerprint density at radius 1 is 1.00 bits per heavy atom. The number of anilines is 1. The first-order valence-corrected chi connectivity index (χ1v) is 8.57. The van der Waals surface area contributed by atoms with Crippen LogP contribution in [0, 0.1) is 0 Å². The van der Waals surface area contributed by atoms with E-state index in [1.807, 2.05) is 9.80 Å². The summed E-state index contributed by atoms with van der Waals surface area (Å²) in [4.78, 5) is 27.7. The first kappa shape index (κ1) is 20.9. The number of hydrogen-bond acceptors (Lipinski definition) is 4. The molecule has 1 fully saturated rings. The Morgan fingerprint density at radius 3 is 2.00 bits per heavy atom. The maximum Gasteiger partial charge on any atom is 0.416 e. The monoisotopic (exact) mass is 384 g/mol. The molecule has 1 aromatic carbocycles. The molecule has 1 aliphatic rings. The molecule has 0 atom stereocenters. The van der Waals surface area contributed by atoms with Crippen LogP contribution in [0.3, 0.4) is 0 Å². The van der Waals surface area contributed by atoms with E-state index in [2.05, 4.69) is 17.2 Å². The molecule has 2 amide bonds. The van der Waals surface area contributed by atoms with Gasteiger partial charge in [0.25, 0.3) is 0 Å². The van der Waals surface area contributed by atoms with Gasteiger partial charge in [-0.05, 0) is 24.3 Å². The number of nitrogens with one attached hydrogen (secondary N) is 2. The molecule has 1 aromatic rings. The minimum absolute atomic E-state index is 0.0663. The zero-order valence-corrected chi connectivity index (χ0v) is 14.9. The summed E-state index contributed by atoms with van der Waals surface area (Å²) in [7, 11) is 0. The molecule has 2 rings (SSSR count). The maximum absolute atomic E-state index is 12.5. The van der Waals surface area contributed by atoms with Gasteiger partial charge in [-0.15, -0.1) is 6.58 Å². The Bertz CT molecular complexity index is 654. The number of hydrogen-bond donors (Lipinski definition) is 2. The minimum Gasteiger partial charge on any atom is -0.352 e. The van der Waals surface area contributed by atoms with Crippen molar-refractivity contribution in [1.29, 1.82) is 0 Å². The number of alkyl halides is 3. The summed E-state index contributed by atoms with van der Waals surface area (Å²) in [6.45, 7) is 7.02. The molecular formula is C18H23F3N4O2. The second-order valence-corrected chi connectivity index (χ2v) is 6.27. The fourth-order valence-electron chi connectivity index (χ4n) is 2.70. The van der Waals surface area contributed by atoms with Gasteiger partial charge < -0.3 is 10.6 Å². The molecule has 27 heavy (non-hydrogen) atoms. The third-order valence-electron chi connectivity index (χ3n) is 4.14. The topological polar surface area (TPSA) is 64.7 Å². The first-order valence-electron chi connectivity index (χ1n) is 8.57. The zero-order chi connectivity index (χ0) is 19.9. The summed E-state index contributed by atoms with van der Waals surface area (Å²) in [5, 5.41) is 5.32. The van der Waals surface area contributed by atoms with Gasteiger partial charge in [0, 0.05) is 38.4 Å².